The van der Waals surface area contributed by atoms with E-state index in [-0.39, 0.29) is 0 Å². The second-order valence-electron chi connectivity index (χ2n) is 14.8. The van der Waals surface area contributed by atoms with Crippen LogP contribution in [0.3, 0.4) is 0 Å². The van der Waals surface area contributed by atoms with Crippen molar-refractivity contribution < 1.29 is 0 Å². The van der Waals surface area contributed by atoms with Crippen LogP contribution in [0.15, 0.2) is 224 Å². The lowest BCUT2D eigenvalue weighted by atomic mass is 9.60. The highest BCUT2D eigenvalue weighted by atomic mass is 32.1. The largest absolute Gasteiger partial charge is 0.310 e. The molecular formula is C55H37NS. The van der Waals surface area contributed by atoms with Gasteiger partial charge in [0.2, 0.25) is 0 Å². The van der Waals surface area contributed by atoms with Crippen LogP contribution >= 0.6 is 11.3 Å². The average molecular weight is 744 g/mol. The second kappa shape index (κ2) is 13.6. The summed E-state index contributed by atoms with van der Waals surface area (Å²) >= 11 is 1.86. The van der Waals surface area contributed by atoms with E-state index >= 15 is 0 Å². The summed E-state index contributed by atoms with van der Waals surface area (Å²) in [6, 6.07) is 83.0. The Morgan fingerprint density at radius 2 is 0.912 bits per heavy atom. The molecule has 0 fully saturated rings. The van der Waals surface area contributed by atoms with Crippen LogP contribution in [0.25, 0.3) is 53.6 Å². The maximum absolute atomic E-state index is 2.48. The van der Waals surface area contributed by atoms with Gasteiger partial charge in [-0.1, -0.05) is 182 Å². The van der Waals surface area contributed by atoms with Gasteiger partial charge in [0.15, 0.2) is 0 Å². The van der Waals surface area contributed by atoms with Crippen LogP contribution in [0.5, 0.6) is 0 Å². The Morgan fingerprint density at radius 3 is 1.70 bits per heavy atom. The number of thiophene rings is 1. The first-order valence-corrected chi connectivity index (χ1v) is 20.4. The molecule has 1 nitrogen and oxygen atoms in total. The molecule has 0 amide bonds. The van der Waals surface area contributed by atoms with E-state index in [1.807, 2.05) is 11.3 Å². The maximum Gasteiger partial charge on any atom is 0.0734 e. The molecule has 57 heavy (non-hydrogen) atoms. The van der Waals surface area contributed by atoms with Crippen LogP contribution in [0, 0.1) is 0 Å². The lowest BCUT2D eigenvalue weighted by molar-refractivity contribution is 0.748. The van der Waals surface area contributed by atoms with E-state index in [9.17, 15) is 0 Å². The summed E-state index contributed by atoms with van der Waals surface area (Å²) in [4.78, 5) is 2.48. The van der Waals surface area contributed by atoms with Crippen molar-refractivity contribution >= 4 is 48.6 Å². The number of nitrogens with zero attached hydrogens (tertiary/aromatic N) is 1. The molecule has 1 aliphatic carbocycles. The molecule has 1 aliphatic rings. The topological polar surface area (TPSA) is 3.24 Å². The highest BCUT2D eigenvalue weighted by molar-refractivity contribution is 7.25. The van der Waals surface area contributed by atoms with E-state index in [0.29, 0.717) is 0 Å². The molecule has 1 heterocycles. The summed E-state index contributed by atoms with van der Waals surface area (Å²) in [5, 5.41) is 2.56. The van der Waals surface area contributed by atoms with Gasteiger partial charge in [0.25, 0.3) is 0 Å². The van der Waals surface area contributed by atoms with Gasteiger partial charge in [-0.15, -0.1) is 11.3 Å². The monoisotopic (exact) mass is 743 g/mol. The maximum atomic E-state index is 2.48. The molecule has 9 aromatic carbocycles. The van der Waals surface area contributed by atoms with Gasteiger partial charge in [-0.25, -0.2) is 0 Å². The summed E-state index contributed by atoms with van der Waals surface area (Å²) in [5.74, 6) is 0. The van der Waals surface area contributed by atoms with Crippen molar-refractivity contribution in [3.05, 3.63) is 247 Å². The van der Waals surface area contributed by atoms with Crippen molar-refractivity contribution in [3.63, 3.8) is 0 Å². The van der Waals surface area contributed by atoms with E-state index in [1.165, 1.54) is 75.8 Å². The van der Waals surface area contributed by atoms with Crippen LogP contribution in [-0.4, -0.2) is 0 Å². The third kappa shape index (κ3) is 5.22. The van der Waals surface area contributed by atoms with Gasteiger partial charge in [0, 0.05) is 31.5 Å². The lowest BCUT2D eigenvalue weighted by Gasteiger charge is -2.43. The van der Waals surface area contributed by atoms with Gasteiger partial charge in [0.1, 0.15) is 0 Å². The van der Waals surface area contributed by atoms with Crippen LogP contribution in [0.2, 0.25) is 0 Å². The molecule has 1 unspecified atom stereocenters. The van der Waals surface area contributed by atoms with Crippen molar-refractivity contribution in [1.29, 1.82) is 0 Å². The Kier molecular flexibility index (Phi) is 7.98. The quantitative estimate of drug-likeness (QED) is 0.164. The summed E-state index contributed by atoms with van der Waals surface area (Å²) < 4.78 is 2.60. The van der Waals surface area contributed by atoms with E-state index in [2.05, 4.69) is 229 Å². The Bertz CT molecular complexity index is 3070. The van der Waals surface area contributed by atoms with Crippen LogP contribution in [0.4, 0.5) is 17.1 Å². The average Bonchev–Trinajstić information content (AvgIpc) is 3.66. The molecule has 0 radical (unpaired) electrons. The zero-order chi connectivity index (χ0) is 37.8. The van der Waals surface area contributed by atoms with Crippen LogP contribution < -0.4 is 4.90 Å². The molecule has 1 aromatic heterocycles. The number of hydrogen-bond acceptors (Lipinski definition) is 2. The summed E-state index contributed by atoms with van der Waals surface area (Å²) in [6.45, 7) is 0. The number of benzene rings is 9. The molecule has 1 atom stereocenters. The molecule has 11 rings (SSSR count). The third-order valence-electron chi connectivity index (χ3n) is 11.8. The predicted octanol–water partition coefficient (Wildman–Crippen LogP) is 15.2. The van der Waals surface area contributed by atoms with E-state index in [0.717, 1.165) is 17.1 Å². The molecule has 2 bridgehead atoms. The summed E-state index contributed by atoms with van der Waals surface area (Å²) in [6.07, 6.45) is 0. The van der Waals surface area contributed by atoms with Gasteiger partial charge < -0.3 is 4.90 Å². The number of fused-ring (bicyclic) bond motifs is 9. The zero-order valence-corrected chi connectivity index (χ0v) is 32.0. The SMILES string of the molecule is c1ccc(-c2c3cccc2C(c2ccccc2)(c2ccccc2N(c2ccccc2)c2ccc4sc5ccccc5c4c2)c2ccccc2-c2ccccc2-3)cc1. The zero-order valence-electron chi connectivity index (χ0n) is 31.2. The highest BCUT2D eigenvalue weighted by Gasteiger charge is 2.45. The predicted molar refractivity (Wildman–Crippen MR) is 242 cm³/mol. The normalized spacial score (nSPS) is 14.4. The minimum absolute atomic E-state index is 0.755. The third-order valence-corrected chi connectivity index (χ3v) is 12.9. The molecule has 0 aliphatic heterocycles. The first-order chi connectivity index (χ1) is 28.3. The van der Waals surface area contributed by atoms with Crippen molar-refractivity contribution in [3.8, 4) is 33.4 Å². The van der Waals surface area contributed by atoms with Gasteiger partial charge >= 0.3 is 0 Å². The molecule has 268 valence electrons. The molecule has 0 saturated heterocycles. The van der Waals surface area contributed by atoms with Gasteiger partial charge in [-0.05, 0) is 98.1 Å². The molecule has 0 spiro atoms. The Labute approximate surface area is 337 Å². The Hall–Kier alpha value is -7.00. The standard InChI is InChI=1S/C55H37NS/c1-4-19-38(20-5-1)54-46-29-18-32-50(54)55(39-21-6-2-7-22-39,48-30-14-12-27-44(48)42-25-10-11-26-43(42)46)49-31-15-16-33-51(49)56(40-23-8-3-9-24-40)41-35-36-53-47(37-41)45-28-13-17-34-52(45)57-53/h1-37H. The Balaban J connectivity index is 1.31. The van der Waals surface area contributed by atoms with Crippen molar-refractivity contribution in [2.45, 2.75) is 5.41 Å². The lowest BCUT2D eigenvalue weighted by Crippen LogP contribution is -2.34. The van der Waals surface area contributed by atoms with E-state index < -0.39 is 5.41 Å². The van der Waals surface area contributed by atoms with Gasteiger partial charge in [-0.3, -0.25) is 0 Å². The summed E-state index contributed by atoms with van der Waals surface area (Å²) in [7, 11) is 0. The van der Waals surface area contributed by atoms with Gasteiger partial charge in [0.05, 0.1) is 11.1 Å². The van der Waals surface area contributed by atoms with Crippen LogP contribution in [0.1, 0.15) is 22.3 Å². The number of rotatable bonds is 6. The first kappa shape index (κ1) is 33.3. The fraction of sp³-hybridized carbons (Fsp3) is 0.0182. The summed E-state index contributed by atoms with van der Waals surface area (Å²) in [5.41, 5.74) is 14.9. The minimum atomic E-state index is -0.755. The van der Waals surface area contributed by atoms with Gasteiger partial charge in [-0.2, -0.15) is 0 Å². The molecular weight excluding hydrogens is 707 g/mol. The molecule has 10 aromatic rings. The molecule has 0 saturated carbocycles. The number of para-hydroxylation sites is 2. The fourth-order valence-electron chi connectivity index (χ4n) is 9.44. The smallest absolute Gasteiger partial charge is 0.0734 e. The van der Waals surface area contributed by atoms with E-state index in [1.54, 1.807) is 0 Å². The minimum Gasteiger partial charge on any atom is -0.310 e. The van der Waals surface area contributed by atoms with Crippen LogP contribution in [-0.2, 0) is 5.41 Å². The second-order valence-corrected chi connectivity index (χ2v) is 15.9. The fourth-order valence-corrected chi connectivity index (χ4v) is 10.5. The van der Waals surface area contributed by atoms with Crippen molar-refractivity contribution in [2.24, 2.45) is 0 Å². The van der Waals surface area contributed by atoms with Crippen molar-refractivity contribution in [2.75, 3.05) is 4.90 Å². The number of anilines is 3. The van der Waals surface area contributed by atoms with E-state index in [4.69, 9.17) is 0 Å². The van der Waals surface area contributed by atoms with Crippen molar-refractivity contribution in [1.82, 2.24) is 0 Å². The molecule has 2 heteroatoms. The highest BCUT2D eigenvalue weighted by Crippen LogP contribution is 2.58. The molecule has 0 N–H and O–H groups in total. The Morgan fingerprint density at radius 1 is 0.351 bits per heavy atom. The number of hydrogen-bond donors (Lipinski definition) is 0. The first-order valence-electron chi connectivity index (χ1n) is 19.6.